The minimum Gasteiger partial charge on any atom is -0.389 e. The number of methoxy groups -OCH3 is 1. The molecule has 0 aliphatic heterocycles. The summed E-state index contributed by atoms with van der Waals surface area (Å²) in [6.45, 7) is 2.56. The van der Waals surface area contributed by atoms with E-state index in [9.17, 15) is 9.90 Å². The molecule has 0 heterocycles. The molecule has 5 nitrogen and oxygen atoms in total. The Hall–Kier alpha value is -1.43. The largest absolute Gasteiger partial charge is 0.389 e. The van der Waals surface area contributed by atoms with Crippen molar-refractivity contribution in [3.8, 4) is 0 Å². The van der Waals surface area contributed by atoms with E-state index in [2.05, 4.69) is 5.32 Å². The zero-order chi connectivity index (χ0) is 13.4. The normalized spacial score (nSPS) is 12.2. The molecule has 0 bridgehead atoms. The standard InChI is InChI=1S/C13H19NO4/c1-10(15)11-3-5-12(6-4-11)14-13(16)9-18-8-7-17-2/h3-6,10,15H,7-9H2,1-2H3,(H,14,16). The van der Waals surface area contributed by atoms with Gasteiger partial charge in [0, 0.05) is 12.8 Å². The van der Waals surface area contributed by atoms with Crippen LogP contribution < -0.4 is 5.32 Å². The lowest BCUT2D eigenvalue weighted by atomic mass is 10.1. The Morgan fingerprint density at radius 3 is 2.56 bits per heavy atom. The van der Waals surface area contributed by atoms with Gasteiger partial charge in [-0.15, -0.1) is 0 Å². The molecule has 1 amide bonds. The van der Waals surface area contributed by atoms with E-state index < -0.39 is 6.10 Å². The quantitative estimate of drug-likeness (QED) is 0.720. The first kappa shape index (κ1) is 14.6. The Bertz CT molecular complexity index is 362. The van der Waals surface area contributed by atoms with Gasteiger partial charge in [-0.3, -0.25) is 4.79 Å². The molecule has 0 aliphatic carbocycles. The van der Waals surface area contributed by atoms with E-state index in [0.717, 1.165) is 5.56 Å². The van der Waals surface area contributed by atoms with E-state index in [1.54, 1.807) is 38.3 Å². The highest BCUT2D eigenvalue weighted by Gasteiger charge is 2.04. The van der Waals surface area contributed by atoms with Gasteiger partial charge in [0.2, 0.25) is 5.91 Å². The van der Waals surface area contributed by atoms with Gasteiger partial charge in [0.1, 0.15) is 6.61 Å². The molecular formula is C13H19NO4. The van der Waals surface area contributed by atoms with Crippen LogP contribution in [0.3, 0.4) is 0 Å². The summed E-state index contributed by atoms with van der Waals surface area (Å²) < 4.78 is 9.89. The van der Waals surface area contributed by atoms with E-state index in [-0.39, 0.29) is 12.5 Å². The smallest absolute Gasteiger partial charge is 0.250 e. The number of carbonyl (C=O) groups excluding carboxylic acids is 1. The monoisotopic (exact) mass is 253 g/mol. The summed E-state index contributed by atoms with van der Waals surface area (Å²) in [5, 5.41) is 12.0. The Kier molecular flexibility index (Phi) is 6.35. The highest BCUT2D eigenvalue weighted by Crippen LogP contribution is 2.15. The number of aliphatic hydroxyl groups excluding tert-OH is 1. The SMILES string of the molecule is COCCOCC(=O)Nc1ccc(C(C)O)cc1. The van der Waals surface area contributed by atoms with Crippen molar-refractivity contribution in [2.75, 3.05) is 32.2 Å². The van der Waals surface area contributed by atoms with E-state index in [1.807, 2.05) is 0 Å². The highest BCUT2D eigenvalue weighted by atomic mass is 16.5. The third kappa shape index (κ3) is 5.27. The molecule has 1 aromatic rings. The van der Waals surface area contributed by atoms with Crippen molar-refractivity contribution in [3.05, 3.63) is 29.8 Å². The summed E-state index contributed by atoms with van der Waals surface area (Å²) >= 11 is 0. The average molecular weight is 253 g/mol. The number of hydrogen-bond acceptors (Lipinski definition) is 4. The van der Waals surface area contributed by atoms with Gasteiger partial charge < -0.3 is 19.9 Å². The van der Waals surface area contributed by atoms with Crippen molar-refractivity contribution in [2.24, 2.45) is 0 Å². The minimum absolute atomic E-state index is 0.00150. The Labute approximate surface area is 107 Å². The van der Waals surface area contributed by atoms with Crippen molar-refractivity contribution < 1.29 is 19.4 Å². The number of nitrogens with one attached hydrogen (secondary N) is 1. The summed E-state index contributed by atoms with van der Waals surface area (Å²) in [6.07, 6.45) is -0.507. The molecule has 1 atom stereocenters. The second-order valence-electron chi connectivity index (χ2n) is 3.89. The van der Waals surface area contributed by atoms with E-state index in [1.165, 1.54) is 0 Å². The predicted octanol–water partition coefficient (Wildman–Crippen LogP) is 1.34. The molecule has 0 fully saturated rings. The number of carbonyl (C=O) groups is 1. The second-order valence-corrected chi connectivity index (χ2v) is 3.89. The van der Waals surface area contributed by atoms with Gasteiger partial charge >= 0.3 is 0 Å². The second kappa shape index (κ2) is 7.81. The van der Waals surface area contributed by atoms with Gasteiger partial charge in [0.05, 0.1) is 19.3 Å². The van der Waals surface area contributed by atoms with Crippen molar-refractivity contribution in [1.29, 1.82) is 0 Å². The van der Waals surface area contributed by atoms with Gasteiger partial charge in [0.25, 0.3) is 0 Å². The summed E-state index contributed by atoms with van der Waals surface area (Å²) in [5.74, 6) is -0.212. The van der Waals surface area contributed by atoms with Crippen molar-refractivity contribution in [3.63, 3.8) is 0 Å². The van der Waals surface area contributed by atoms with E-state index in [4.69, 9.17) is 9.47 Å². The molecule has 18 heavy (non-hydrogen) atoms. The van der Waals surface area contributed by atoms with Crippen LogP contribution in [0.5, 0.6) is 0 Å². The maximum Gasteiger partial charge on any atom is 0.250 e. The molecule has 1 aromatic carbocycles. The van der Waals surface area contributed by atoms with Crippen LogP contribution in [0.15, 0.2) is 24.3 Å². The number of aliphatic hydroxyl groups is 1. The molecule has 2 N–H and O–H groups in total. The van der Waals surface area contributed by atoms with Gasteiger partial charge in [0.15, 0.2) is 0 Å². The van der Waals surface area contributed by atoms with Crippen LogP contribution in [0, 0.1) is 0 Å². The fraction of sp³-hybridized carbons (Fsp3) is 0.462. The van der Waals surface area contributed by atoms with Gasteiger partial charge in [-0.2, -0.15) is 0 Å². The number of rotatable bonds is 7. The molecule has 0 aliphatic rings. The summed E-state index contributed by atoms with van der Waals surface area (Å²) in [5.41, 5.74) is 1.49. The fourth-order valence-electron chi connectivity index (χ4n) is 1.35. The molecular weight excluding hydrogens is 234 g/mol. The number of anilines is 1. The third-order valence-electron chi connectivity index (χ3n) is 2.34. The summed E-state index contributed by atoms with van der Waals surface area (Å²) in [7, 11) is 1.58. The Morgan fingerprint density at radius 2 is 2.00 bits per heavy atom. The van der Waals surface area contributed by atoms with Crippen LogP contribution in [0.25, 0.3) is 0 Å². The van der Waals surface area contributed by atoms with Crippen LogP contribution in [0.1, 0.15) is 18.6 Å². The molecule has 1 rings (SSSR count). The third-order valence-corrected chi connectivity index (χ3v) is 2.34. The van der Waals surface area contributed by atoms with E-state index in [0.29, 0.717) is 18.9 Å². The lowest BCUT2D eigenvalue weighted by molar-refractivity contribution is -0.121. The number of amides is 1. The topological polar surface area (TPSA) is 67.8 Å². The molecule has 0 saturated heterocycles. The molecule has 0 spiro atoms. The van der Waals surface area contributed by atoms with Gasteiger partial charge in [-0.25, -0.2) is 0 Å². The molecule has 5 heteroatoms. The number of benzene rings is 1. The van der Waals surface area contributed by atoms with Gasteiger partial charge in [-0.1, -0.05) is 12.1 Å². The van der Waals surface area contributed by atoms with Gasteiger partial charge in [-0.05, 0) is 24.6 Å². The Balaban J connectivity index is 2.35. The molecule has 100 valence electrons. The van der Waals surface area contributed by atoms with Crippen LogP contribution in [0.4, 0.5) is 5.69 Å². The van der Waals surface area contributed by atoms with Crippen molar-refractivity contribution in [2.45, 2.75) is 13.0 Å². The molecule has 0 aromatic heterocycles. The van der Waals surface area contributed by atoms with Crippen LogP contribution >= 0.6 is 0 Å². The maximum atomic E-state index is 11.5. The summed E-state index contributed by atoms with van der Waals surface area (Å²) in [6, 6.07) is 7.03. The van der Waals surface area contributed by atoms with Crippen molar-refractivity contribution >= 4 is 11.6 Å². The zero-order valence-electron chi connectivity index (χ0n) is 10.7. The molecule has 0 saturated carbocycles. The fourth-order valence-corrected chi connectivity index (χ4v) is 1.35. The average Bonchev–Trinajstić information content (AvgIpc) is 2.35. The molecule has 0 radical (unpaired) electrons. The van der Waals surface area contributed by atoms with Crippen LogP contribution in [-0.4, -0.2) is 37.9 Å². The minimum atomic E-state index is -0.507. The van der Waals surface area contributed by atoms with Crippen LogP contribution in [-0.2, 0) is 14.3 Å². The highest BCUT2D eigenvalue weighted by molar-refractivity contribution is 5.91. The van der Waals surface area contributed by atoms with Crippen molar-refractivity contribution in [1.82, 2.24) is 0 Å². The lowest BCUT2D eigenvalue weighted by Crippen LogP contribution is -2.19. The predicted molar refractivity (Wildman–Crippen MR) is 68.4 cm³/mol. The first-order valence-electron chi connectivity index (χ1n) is 5.78. The zero-order valence-corrected chi connectivity index (χ0v) is 10.7. The number of hydrogen-bond donors (Lipinski definition) is 2. The summed E-state index contributed by atoms with van der Waals surface area (Å²) in [4.78, 5) is 11.5. The lowest BCUT2D eigenvalue weighted by Gasteiger charge is -2.08. The first-order chi connectivity index (χ1) is 8.63. The maximum absolute atomic E-state index is 11.5. The molecule has 1 unspecified atom stereocenters. The van der Waals surface area contributed by atoms with Crippen LogP contribution in [0.2, 0.25) is 0 Å². The van der Waals surface area contributed by atoms with E-state index >= 15 is 0 Å². The number of ether oxygens (including phenoxy) is 2. The first-order valence-corrected chi connectivity index (χ1v) is 5.78. The Morgan fingerprint density at radius 1 is 1.33 bits per heavy atom.